The van der Waals surface area contributed by atoms with Crippen molar-refractivity contribution in [2.24, 2.45) is 0 Å². The summed E-state index contributed by atoms with van der Waals surface area (Å²) < 4.78 is 43.0. The molecule has 1 aliphatic rings. The van der Waals surface area contributed by atoms with Gasteiger partial charge in [-0.05, 0) is 24.1 Å². The van der Waals surface area contributed by atoms with E-state index >= 15 is 0 Å². The maximum Gasteiger partial charge on any atom is 0.419 e. The highest BCUT2D eigenvalue weighted by atomic mass is 79.9. The van der Waals surface area contributed by atoms with Crippen LogP contribution in [-0.4, -0.2) is 32.8 Å². The third-order valence-corrected chi connectivity index (χ3v) is 3.18. The van der Waals surface area contributed by atoms with E-state index in [0.29, 0.717) is 6.42 Å². The van der Waals surface area contributed by atoms with Crippen molar-refractivity contribution in [3.63, 3.8) is 0 Å². The van der Waals surface area contributed by atoms with E-state index in [0.717, 1.165) is 31.3 Å². The lowest BCUT2D eigenvalue weighted by Crippen LogP contribution is -2.49. The second-order valence-electron chi connectivity index (χ2n) is 4.59. The van der Waals surface area contributed by atoms with Gasteiger partial charge in [-0.1, -0.05) is 6.07 Å². The second-order valence-corrected chi connectivity index (χ2v) is 4.59. The van der Waals surface area contributed by atoms with Gasteiger partial charge in [0.15, 0.2) is 0 Å². The number of benzene rings is 1. The number of alkyl halides is 3. The Bertz CT molecular complexity index is 438. The van der Waals surface area contributed by atoms with Crippen molar-refractivity contribution in [1.82, 2.24) is 10.6 Å². The first-order valence-corrected chi connectivity index (χ1v) is 6.19. The van der Waals surface area contributed by atoms with Crippen LogP contribution in [0.4, 0.5) is 13.2 Å². The molecule has 0 amide bonds. The van der Waals surface area contributed by atoms with Gasteiger partial charge in [0.2, 0.25) is 0 Å². The van der Waals surface area contributed by atoms with Crippen molar-refractivity contribution >= 4 is 34.0 Å². The number of piperazine rings is 1. The van der Waals surface area contributed by atoms with Gasteiger partial charge in [-0.25, -0.2) is 0 Å². The lowest BCUT2D eigenvalue weighted by Gasteiger charge is -2.25. The van der Waals surface area contributed by atoms with Crippen molar-refractivity contribution in [3.05, 3.63) is 29.3 Å². The molecule has 0 bridgehead atoms. The summed E-state index contributed by atoms with van der Waals surface area (Å²) in [6.07, 6.45) is -3.70. The lowest BCUT2D eigenvalue weighted by molar-refractivity contribution is -0.138. The molecule has 0 saturated carbocycles. The average Bonchev–Trinajstić information content (AvgIpc) is 2.38. The highest BCUT2D eigenvalue weighted by Gasteiger charge is 2.34. The first kappa shape index (κ1) is 20.7. The predicted octanol–water partition coefficient (Wildman–Crippen LogP) is 2.97. The van der Waals surface area contributed by atoms with Gasteiger partial charge in [0, 0.05) is 25.7 Å². The summed E-state index contributed by atoms with van der Waals surface area (Å²) in [5.41, 5.74) is 0.111. The fourth-order valence-corrected chi connectivity index (χ4v) is 2.24. The molecule has 1 unspecified atom stereocenters. The van der Waals surface area contributed by atoms with Gasteiger partial charge in [-0.15, -0.1) is 34.0 Å². The van der Waals surface area contributed by atoms with Crippen LogP contribution < -0.4 is 15.4 Å². The van der Waals surface area contributed by atoms with Gasteiger partial charge in [0.25, 0.3) is 0 Å². The summed E-state index contributed by atoms with van der Waals surface area (Å²) in [4.78, 5) is 0. The molecule has 0 spiro atoms. The van der Waals surface area contributed by atoms with E-state index in [1.165, 1.54) is 19.2 Å². The SMILES string of the molecule is Br.Br.COc1cc(CC2CNCCN2)ccc1C(F)(F)F. The minimum atomic E-state index is -4.38. The fourth-order valence-electron chi connectivity index (χ4n) is 2.24. The Kier molecular flexibility index (Phi) is 8.84. The zero-order valence-corrected chi connectivity index (χ0v) is 14.9. The number of ether oxygens (including phenoxy) is 1. The minimum absolute atomic E-state index is 0. The molecule has 21 heavy (non-hydrogen) atoms. The molecule has 1 saturated heterocycles. The van der Waals surface area contributed by atoms with Gasteiger partial charge in [-0.3, -0.25) is 0 Å². The van der Waals surface area contributed by atoms with Crippen molar-refractivity contribution in [1.29, 1.82) is 0 Å². The molecular formula is C13H19Br2F3N2O. The van der Waals surface area contributed by atoms with Gasteiger partial charge in [0.05, 0.1) is 12.7 Å². The molecule has 8 heteroatoms. The number of nitrogens with one attached hydrogen (secondary N) is 2. The van der Waals surface area contributed by atoms with E-state index in [-0.39, 0.29) is 45.8 Å². The Balaban J connectivity index is 0.00000200. The molecule has 3 nitrogen and oxygen atoms in total. The largest absolute Gasteiger partial charge is 0.496 e. The maximum absolute atomic E-state index is 12.7. The number of hydrogen-bond donors (Lipinski definition) is 2. The van der Waals surface area contributed by atoms with Crippen LogP contribution >= 0.6 is 34.0 Å². The molecule has 122 valence electrons. The fraction of sp³-hybridized carbons (Fsp3) is 0.538. The first-order chi connectivity index (χ1) is 9.00. The Morgan fingerprint density at radius 2 is 1.95 bits per heavy atom. The van der Waals surface area contributed by atoms with Crippen LogP contribution in [0.5, 0.6) is 5.75 Å². The Morgan fingerprint density at radius 1 is 1.24 bits per heavy atom. The summed E-state index contributed by atoms with van der Waals surface area (Å²) in [5, 5.41) is 6.57. The van der Waals surface area contributed by atoms with E-state index in [9.17, 15) is 13.2 Å². The monoisotopic (exact) mass is 434 g/mol. The zero-order valence-electron chi connectivity index (χ0n) is 11.5. The number of rotatable bonds is 3. The van der Waals surface area contributed by atoms with Crippen LogP contribution in [0.25, 0.3) is 0 Å². The van der Waals surface area contributed by atoms with Crippen LogP contribution in [0, 0.1) is 0 Å². The van der Waals surface area contributed by atoms with Crippen molar-refractivity contribution in [2.75, 3.05) is 26.7 Å². The standard InChI is InChI=1S/C13H17F3N2O.2BrH/c1-19-12-7-9(2-3-11(12)13(14,15)16)6-10-8-17-4-5-18-10;;/h2-3,7,10,17-18H,4-6,8H2,1H3;2*1H. The molecular weight excluding hydrogens is 417 g/mol. The van der Waals surface area contributed by atoms with Crippen LogP contribution in [0.2, 0.25) is 0 Å². The van der Waals surface area contributed by atoms with E-state index in [2.05, 4.69) is 10.6 Å². The van der Waals surface area contributed by atoms with Crippen LogP contribution in [0.3, 0.4) is 0 Å². The van der Waals surface area contributed by atoms with Crippen molar-refractivity contribution in [3.8, 4) is 5.75 Å². The van der Waals surface area contributed by atoms with Gasteiger partial charge in [-0.2, -0.15) is 13.2 Å². The first-order valence-electron chi connectivity index (χ1n) is 6.19. The highest BCUT2D eigenvalue weighted by Crippen LogP contribution is 2.36. The van der Waals surface area contributed by atoms with E-state index in [1.54, 1.807) is 0 Å². The smallest absolute Gasteiger partial charge is 0.419 e. The van der Waals surface area contributed by atoms with Crippen LogP contribution in [-0.2, 0) is 12.6 Å². The molecule has 1 atom stereocenters. The molecule has 2 rings (SSSR count). The average molecular weight is 436 g/mol. The highest BCUT2D eigenvalue weighted by molar-refractivity contribution is 8.93. The number of hydrogen-bond acceptors (Lipinski definition) is 3. The van der Waals surface area contributed by atoms with Crippen molar-refractivity contribution in [2.45, 2.75) is 18.6 Å². The zero-order chi connectivity index (χ0) is 13.9. The van der Waals surface area contributed by atoms with E-state index in [1.807, 2.05) is 0 Å². The lowest BCUT2D eigenvalue weighted by atomic mass is 10.0. The third kappa shape index (κ3) is 5.77. The van der Waals surface area contributed by atoms with Gasteiger partial charge < -0.3 is 15.4 Å². The molecule has 1 aromatic carbocycles. The Morgan fingerprint density at radius 3 is 2.48 bits per heavy atom. The number of methoxy groups -OCH3 is 1. The quantitative estimate of drug-likeness (QED) is 0.765. The Hall–Kier alpha value is -0.310. The molecule has 1 heterocycles. The minimum Gasteiger partial charge on any atom is -0.496 e. The summed E-state index contributed by atoms with van der Waals surface area (Å²) in [6, 6.07) is 4.32. The topological polar surface area (TPSA) is 33.3 Å². The van der Waals surface area contributed by atoms with Gasteiger partial charge in [0.1, 0.15) is 5.75 Å². The molecule has 2 N–H and O–H groups in total. The molecule has 1 fully saturated rings. The molecule has 0 aromatic heterocycles. The summed E-state index contributed by atoms with van der Waals surface area (Å²) in [6.45, 7) is 2.62. The Labute approximate surface area is 143 Å². The third-order valence-electron chi connectivity index (χ3n) is 3.18. The van der Waals surface area contributed by atoms with Crippen molar-refractivity contribution < 1.29 is 17.9 Å². The molecule has 0 aliphatic carbocycles. The maximum atomic E-state index is 12.7. The van der Waals surface area contributed by atoms with E-state index in [4.69, 9.17) is 4.74 Å². The van der Waals surface area contributed by atoms with Crippen LogP contribution in [0.1, 0.15) is 11.1 Å². The summed E-state index contributed by atoms with van der Waals surface area (Å²) in [7, 11) is 1.26. The molecule has 1 aliphatic heterocycles. The number of halogens is 5. The van der Waals surface area contributed by atoms with Gasteiger partial charge >= 0.3 is 6.18 Å². The second kappa shape index (κ2) is 8.97. The molecule has 0 radical (unpaired) electrons. The predicted molar refractivity (Wildman–Crippen MR) is 87.0 cm³/mol. The van der Waals surface area contributed by atoms with E-state index < -0.39 is 11.7 Å². The summed E-state index contributed by atoms with van der Waals surface area (Å²) >= 11 is 0. The van der Waals surface area contributed by atoms with Crippen LogP contribution in [0.15, 0.2) is 18.2 Å². The summed E-state index contributed by atoms with van der Waals surface area (Å²) in [5.74, 6) is -0.117. The molecule has 1 aromatic rings. The normalized spacial score (nSPS) is 18.4.